The predicted octanol–water partition coefficient (Wildman–Crippen LogP) is 3.57. The number of pyridine rings is 1. The van der Waals surface area contributed by atoms with Crippen LogP contribution >= 0.6 is 12.2 Å². The summed E-state index contributed by atoms with van der Waals surface area (Å²) in [5.41, 5.74) is 1.18. The van der Waals surface area contributed by atoms with Gasteiger partial charge in [0.25, 0.3) is 5.56 Å². The Hall–Kier alpha value is -3.00. The molecule has 2 N–H and O–H groups in total. The third-order valence-corrected chi connectivity index (χ3v) is 5.37. The zero-order chi connectivity index (χ0) is 20.9. The summed E-state index contributed by atoms with van der Waals surface area (Å²) >= 11 is 5.60. The number of thiocarbonyl (C=S) groups is 1. The highest BCUT2D eigenvalue weighted by molar-refractivity contribution is 7.80. The summed E-state index contributed by atoms with van der Waals surface area (Å²) in [4.78, 5) is 17.7. The minimum atomic E-state index is -0.153. The van der Waals surface area contributed by atoms with Gasteiger partial charge in [-0.25, -0.2) is 0 Å². The maximum absolute atomic E-state index is 12.8. The molecule has 158 valence electrons. The highest BCUT2D eigenvalue weighted by Crippen LogP contribution is 2.33. The Balaban J connectivity index is 1.61. The van der Waals surface area contributed by atoms with E-state index in [1.54, 1.807) is 6.26 Å². The largest absolute Gasteiger partial charge is 0.486 e. The van der Waals surface area contributed by atoms with E-state index in [2.05, 4.69) is 17.2 Å². The molecule has 0 aliphatic carbocycles. The topological polar surface area (TPSA) is 79.7 Å². The van der Waals surface area contributed by atoms with E-state index in [0.717, 1.165) is 30.5 Å². The van der Waals surface area contributed by atoms with Gasteiger partial charge in [0.2, 0.25) is 0 Å². The summed E-state index contributed by atoms with van der Waals surface area (Å²) in [7, 11) is 0. The third-order valence-electron chi connectivity index (χ3n) is 4.97. The van der Waals surface area contributed by atoms with Gasteiger partial charge < -0.3 is 29.1 Å². The molecular formula is C22H25N3O4S. The number of rotatable bonds is 7. The molecule has 0 unspecified atom stereocenters. The normalized spacial score (nSPS) is 12.7. The number of unbranched alkanes of at least 4 members (excludes halogenated alkanes) is 1. The minimum Gasteiger partial charge on any atom is -0.486 e. The Morgan fingerprint density at radius 1 is 1.20 bits per heavy atom. The number of fused-ring (bicyclic) bond motifs is 2. The van der Waals surface area contributed by atoms with Gasteiger partial charge in [-0.1, -0.05) is 13.3 Å². The van der Waals surface area contributed by atoms with Crippen LogP contribution < -0.4 is 20.3 Å². The molecule has 0 amide bonds. The number of nitrogens with one attached hydrogen (secondary N) is 2. The number of furan rings is 1. The fourth-order valence-electron chi connectivity index (χ4n) is 3.39. The molecule has 0 atom stereocenters. The van der Waals surface area contributed by atoms with Crippen LogP contribution in [-0.4, -0.2) is 34.8 Å². The molecule has 2 aromatic heterocycles. The van der Waals surface area contributed by atoms with Crippen molar-refractivity contribution < 1.29 is 13.9 Å². The van der Waals surface area contributed by atoms with Gasteiger partial charge in [-0.15, -0.1) is 0 Å². The second-order valence-electron chi connectivity index (χ2n) is 7.23. The Kier molecular flexibility index (Phi) is 6.23. The fourth-order valence-corrected chi connectivity index (χ4v) is 3.62. The van der Waals surface area contributed by atoms with Crippen molar-refractivity contribution in [3.63, 3.8) is 0 Å². The SMILES string of the molecule is CCCCNC(=S)N(Cc1ccco1)Cc1cc2cc3c(cc2[nH]c1=O)OCCO3. The fraction of sp³-hybridized carbons (Fsp3) is 0.364. The molecule has 7 nitrogen and oxygen atoms in total. The first-order chi connectivity index (χ1) is 14.6. The zero-order valence-electron chi connectivity index (χ0n) is 16.9. The van der Waals surface area contributed by atoms with Crippen LogP contribution in [0, 0.1) is 0 Å². The van der Waals surface area contributed by atoms with Crippen molar-refractivity contribution in [2.75, 3.05) is 19.8 Å². The lowest BCUT2D eigenvalue weighted by Gasteiger charge is -2.25. The van der Waals surface area contributed by atoms with Gasteiger partial charge >= 0.3 is 0 Å². The van der Waals surface area contributed by atoms with Gasteiger partial charge in [0.1, 0.15) is 19.0 Å². The third kappa shape index (κ3) is 4.59. The molecule has 0 radical (unpaired) electrons. The number of hydrogen-bond donors (Lipinski definition) is 2. The molecule has 0 bridgehead atoms. The van der Waals surface area contributed by atoms with Crippen molar-refractivity contribution in [3.05, 3.63) is 58.3 Å². The first kappa shape index (κ1) is 20.3. The summed E-state index contributed by atoms with van der Waals surface area (Å²) in [5, 5.41) is 4.77. The van der Waals surface area contributed by atoms with Crippen molar-refractivity contribution in [3.8, 4) is 11.5 Å². The van der Waals surface area contributed by atoms with Crippen LogP contribution in [-0.2, 0) is 13.1 Å². The Bertz CT molecular complexity index is 1080. The molecule has 1 aliphatic rings. The average molecular weight is 428 g/mol. The van der Waals surface area contributed by atoms with Crippen molar-refractivity contribution in [1.82, 2.24) is 15.2 Å². The Morgan fingerprint density at radius 2 is 2.00 bits per heavy atom. The molecule has 30 heavy (non-hydrogen) atoms. The summed E-state index contributed by atoms with van der Waals surface area (Å²) in [5.74, 6) is 2.13. The highest BCUT2D eigenvalue weighted by atomic mass is 32.1. The van der Waals surface area contributed by atoms with Gasteiger partial charge in [-0.3, -0.25) is 4.79 Å². The van der Waals surface area contributed by atoms with Crippen LogP contribution in [0.3, 0.4) is 0 Å². The van der Waals surface area contributed by atoms with Crippen LogP contribution in [0.5, 0.6) is 11.5 Å². The van der Waals surface area contributed by atoms with E-state index in [1.165, 1.54) is 0 Å². The van der Waals surface area contributed by atoms with Crippen LogP contribution in [0.15, 0.2) is 45.8 Å². The second kappa shape index (κ2) is 9.21. The zero-order valence-corrected chi connectivity index (χ0v) is 17.7. The van der Waals surface area contributed by atoms with Gasteiger partial charge in [-0.2, -0.15) is 0 Å². The molecule has 8 heteroatoms. The van der Waals surface area contributed by atoms with Crippen molar-refractivity contribution in [2.24, 2.45) is 0 Å². The Morgan fingerprint density at radius 3 is 2.73 bits per heavy atom. The molecule has 4 rings (SSSR count). The predicted molar refractivity (Wildman–Crippen MR) is 119 cm³/mol. The summed E-state index contributed by atoms with van der Waals surface area (Å²) < 4.78 is 16.8. The summed E-state index contributed by atoms with van der Waals surface area (Å²) in [6, 6.07) is 9.34. The quantitative estimate of drug-likeness (QED) is 0.441. The minimum absolute atomic E-state index is 0.153. The number of aromatic nitrogens is 1. The van der Waals surface area contributed by atoms with Crippen LogP contribution in [0.4, 0.5) is 0 Å². The maximum atomic E-state index is 12.8. The molecule has 0 fully saturated rings. The lowest BCUT2D eigenvalue weighted by molar-refractivity contribution is 0.172. The molecule has 0 saturated heterocycles. The maximum Gasteiger partial charge on any atom is 0.253 e. The van der Waals surface area contributed by atoms with Crippen LogP contribution in [0.25, 0.3) is 10.9 Å². The number of aromatic amines is 1. The number of benzene rings is 1. The Labute approximate surface area is 180 Å². The van der Waals surface area contributed by atoms with E-state index >= 15 is 0 Å². The van der Waals surface area contributed by atoms with E-state index in [-0.39, 0.29) is 5.56 Å². The smallest absolute Gasteiger partial charge is 0.253 e. The highest BCUT2D eigenvalue weighted by Gasteiger charge is 2.17. The van der Waals surface area contributed by atoms with E-state index in [1.807, 2.05) is 35.2 Å². The molecule has 0 spiro atoms. The number of H-pyrrole nitrogens is 1. The number of hydrogen-bond acceptors (Lipinski definition) is 5. The molecule has 3 aromatic rings. The monoisotopic (exact) mass is 427 g/mol. The molecule has 1 aromatic carbocycles. The molecule has 3 heterocycles. The number of ether oxygens (including phenoxy) is 2. The van der Waals surface area contributed by atoms with Crippen molar-refractivity contribution in [1.29, 1.82) is 0 Å². The lowest BCUT2D eigenvalue weighted by Crippen LogP contribution is -2.40. The van der Waals surface area contributed by atoms with Gasteiger partial charge in [0.15, 0.2) is 16.6 Å². The number of nitrogens with zero attached hydrogens (tertiary/aromatic N) is 1. The van der Waals surface area contributed by atoms with Crippen molar-refractivity contribution >= 4 is 28.2 Å². The molecular weight excluding hydrogens is 402 g/mol. The lowest BCUT2D eigenvalue weighted by atomic mass is 10.1. The first-order valence-corrected chi connectivity index (χ1v) is 10.6. The molecule has 1 aliphatic heterocycles. The van der Waals surface area contributed by atoms with E-state index in [4.69, 9.17) is 26.1 Å². The van der Waals surface area contributed by atoms with Crippen LogP contribution in [0.1, 0.15) is 31.1 Å². The van der Waals surface area contributed by atoms with E-state index in [9.17, 15) is 4.79 Å². The van der Waals surface area contributed by atoms with Gasteiger partial charge in [0.05, 0.1) is 24.9 Å². The summed E-state index contributed by atoms with van der Waals surface area (Å²) in [6.45, 7) is 4.78. The van der Waals surface area contributed by atoms with Crippen LogP contribution in [0.2, 0.25) is 0 Å². The van der Waals surface area contributed by atoms with E-state index < -0.39 is 0 Å². The second-order valence-corrected chi connectivity index (χ2v) is 7.61. The molecule has 0 saturated carbocycles. The van der Waals surface area contributed by atoms with Crippen molar-refractivity contribution in [2.45, 2.75) is 32.9 Å². The van der Waals surface area contributed by atoms with E-state index in [0.29, 0.717) is 54.0 Å². The summed E-state index contributed by atoms with van der Waals surface area (Å²) in [6.07, 6.45) is 3.74. The average Bonchev–Trinajstić information content (AvgIpc) is 3.25. The first-order valence-electron chi connectivity index (χ1n) is 10.1. The standard InChI is InChI=1S/C22H25N3O4S/c1-2-3-6-23-22(30)25(14-17-5-4-7-27-17)13-16-10-15-11-19-20(29-9-8-28-19)12-18(15)24-21(16)26/h4-5,7,10-12H,2-3,6,8-9,13-14H2,1H3,(H,23,30)(H,24,26). The van der Waals surface area contributed by atoms with Gasteiger partial charge in [-0.05, 0) is 42.9 Å². The van der Waals surface area contributed by atoms with Gasteiger partial charge in [0, 0.05) is 23.6 Å².